The number of hydrogen-bond donors (Lipinski definition) is 3. The predicted molar refractivity (Wildman–Crippen MR) is 104 cm³/mol. The van der Waals surface area contributed by atoms with E-state index in [4.69, 9.17) is 4.74 Å². The van der Waals surface area contributed by atoms with Crippen LogP contribution < -0.4 is 10.6 Å². The molecule has 2 aromatic carbocycles. The molecule has 1 amide bonds. The molecule has 0 aromatic heterocycles. The van der Waals surface area contributed by atoms with Crippen LogP contribution in [0, 0.1) is 0 Å². The molecule has 4 rings (SSSR count). The number of methoxy groups -OCH3 is 1. The lowest BCUT2D eigenvalue weighted by molar-refractivity contribution is -0.122. The molecule has 142 valence electrons. The van der Waals surface area contributed by atoms with E-state index >= 15 is 0 Å². The van der Waals surface area contributed by atoms with E-state index in [0.717, 1.165) is 31.5 Å². The number of phenolic OH excluding ortho intramolecular Hbond substituents is 1. The molecule has 1 heterocycles. The van der Waals surface area contributed by atoms with Gasteiger partial charge in [-0.05, 0) is 54.8 Å². The predicted octanol–water partition coefficient (Wildman–Crippen LogP) is 2.44. The van der Waals surface area contributed by atoms with Crippen LogP contribution in [0.5, 0.6) is 5.75 Å². The first-order chi connectivity index (χ1) is 13.1. The Balaban J connectivity index is 1.59. The SMILES string of the molecule is CO[C@H]1[C@H](NC(=O)Cc2ccc(O)cc2)c2ccccc2C12CCNCC2. The number of carbonyl (C=O) groups excluding carboxylic acids is 1. The number of ether oxygens (including phenoxy) is 1. The van der Waals surface area contributed by atoms with Gasteiger partial charge in [-0.2, -0.15) is 0 Å². The second-order valence-electron chi connectivity index (χ2n) is 7.54. The third-order valence-electron chi connectivity index (χ3n) is 6.05. The summed E-state index contributed by atoms with van der Waals surface area (Å²) in [6.45, 7) is 1.92. The van der Waals surface area contributed by atoms with E-state index in [2.05, 4.69) is 28.8 Å². The van der Waals surface area contributed by atoms with Gasteiger partial charge in [-0.25, -0.2) is 0 Å². The smallest absolute Gasteiger partial charge is 0.224 e. The van der Waals surface area contributed by atoms with Crippen molar-refractivity contribution in [3.8, 4) is 5.75 Å². The maximum atomic E-state index is 12.8. The molecule has 1 saturated heterocycles. The molecule has 0 bridgehead atoms. The summed E-state index contributed by atoms with van der Waals surface area (Å²) in [5.41, 5.74) is 3.31. The molecular formula is C22H26N2O3. The van der Waals surface area contributed by atoms with Crippen LogP contribution in [0.4, 0.5) is 0 Å². The van der Waals surface area contributed by atoms with Crippen molar-refractivity contribution < 1.29 is 14.6 Å². The minimum absolute atomic E-state index is 0.0338. The maximum Gasteiger partial charge on any atom is 0.224 e. The van der Waals surface area contributed by atoms with Crippen molar-refractivity contribution in [1.29, 1.82) is 0 Å². The van der Waals surface area contributed by atoms with E-state index in [0.29, 0.717) is 0 Å². The van der Waals surface area contributed by atoms with Gasteiger partial charge in [0.1, 0.15) is 5.75 Å². The number of piperidine rings is 1. The molecule has 0 radical (unpaired) electrons. The second kappa shape index (κ2) is 7.33. The second-order valence-corrected chi connectivity index (χ2v) is 7.54. The van der Waals surface area contributed by atoms with Crippen molar-refractivity contribution in [2.45, 2.75) is 36.8 Å². The molecule has 2 aromatic rings. The van der Waals surface area contributed by atoms with Gasteiger partial charge in [0.2, 0.25) is 5.91 Å². The quantitative estimate of drug-likeness (QED) is 0.777. The zero-order valence-corrected chi connectivity index (χ0v) is 15.6. The van der Waals surface area contributed by atoms with Crippen LogP contribution >= 0.6 is 0 Å². The first-order valence-electron chi connectivity index (χ1n) is 9.54. The molecular weight excluding hydrogens is 340 g/mol. The Morgan fingerprint density at radius 2 is 1.89 bits per heavy atom. The zero-order chi connectivity index (χ0) is 18.9. The Kier molecular flexibility index (Phi) is 4.89. The Morgan fingerprint density at radius 3 is 2.59 bits per heavy atom. The molecule has 1 spiro atoms. The molecule has 3 N–H and O–H groups in total. The number of hydrogen-bond acceptors (Lipinski definition) is 4. The number of fused-ring (bicyclic) bond motifs is 2. The van der Waals surface area contributed by atoms with Crippen molar-refractivity contribution in [2.24, 2.45) is 0 Å². The van der Waals surface area contributed by atoms with E-state index in [1.807, 2.05) is 6.07 Å². The molecule has 1 aliphatic carbocycles. The summed E-state index contributed by atoms with van der Waals surface area (Å²) in [6.07, 6.45) is 2.23. The number of nitrogens with one attached hydrogen (secondary N) is 2. The summed E-state index contributed by atoms with van der Waals surface area (Å²) in [5.74, 6) is 0.171. The summed E-state index contributed by atoms with van der Waals surface area (Å²) < 4.78 is 5.99. The van der Waals surface area contributed by atoms with Crippen LogP contribution in [-0.2, 0) is 21.4 Å². The average molecular weight is 366 g/mol. The number of phenols is 1. The lowest BCUT2D eigenvalue weighted by atomic mass is 9.72. The van der Waals surface area contributed by atoms with Crippen molar-refractivity contribution in [2.75, 3.05) is 20.2 Å². The van der Waals surface area contributed by atoms with Gasteiger partial charge in [0, 0.05) is 12.5 Å². The van der Waals surface area contributed by atoms with Gasteiger partial charge >= 0.3 is 0 Å². The van der Waals surface area contributed by atoms with Crippen molar-refractivity contribution in [3.05, 3.63) is 65.2 Å². The summed E-state index contributed by atoms with van der Waals surface area (Å²) >= 11 is 0. The molecule has 0 unspecified atom stereocenters. The van der Waals surface area contributed by atoms with Crippen LogP contribution in [0.1, 0.15) is 35.6 Å². The number of rotatable bonds is 4. The maximum absolute atomic E-state index is 12.8. The minimum Gasteiger partial charge on any atom is -0.508 e. The van der Waals surface area contributed by atoms with Gasteiger partial charge in [-0.15, -0.1) is 0 Å². The fraction of sp³-hybridized carbons (Fsp3) is 0.409. The summed E-state index contributed by atoms with van der Waals surface area (Å²) in [5, 5.41) is 16.1. The fourth-order valence-corrected chi connectivity index (χ4v) is 4.82. The Bertz CT molecular complexity index is 813. The lowest BCUT2D eigenvalue weighted by Crippen LogP contribution is -2.49. The number of carbonyl (C=O) groups is 1. The van der Waals surface area contributed by atoms with Crippen LogP contribution in [0.2, 0.25) is 0 Å². The Labute approximate surface area is 159 Å². The fourth-order valence-electron chi connectivity index (χ4n) is 4.82. The van der Waals surface area contributed by atoms with E-state index in [-0.39, 0.29) is 35.6 Å². The highest BCUT2D eigenvalue weighted by atomic mass is 16.5. The summed E-state index contributed by atoms with van der Waals surface area (Å²) in [6, 6.07) is 15.0. The van der Waals surface area contributed by atoms with Gasteiger partial charge in [-0.1, -0.05) is 36.4 Å². The van der Waals surface area contributed by atoms with Gasteiger partial charge < -0.3 is 20.5 Å². The number of amides is 1. The first kappa shape index (κ1) is 18.0. The standard InChI is InChI=1S/C22H26N2O3/c1-27-21-20(24-19(26)14-15-6-8-16(25)9-7-15)17-4-2-3-5-18(17)22(21)10-12-23-13-11-22/h2-9,20-21,23,25H,10-14H2,1H3,(H,24,26)/t20-,21+/m1/s1. The molecule has 5 heteroatoms. The van der Waals surface area contributed by atoms with Crippen LogP contribution in [-0.4, -0.2) is 37.3 Å². The Hall–Kier alpha value is -2.37. The molecule has 1 fully saturated rings. The van der Waals surface area contributed by atoms with E-state index in [1.54, 1.807) is 31.4 Å². The van der Waals surface area contributed by atoms with Gasteiger partial charge in [0.15, 0.2) is 0 Å². The molecule has 5 nitrogen and oxygen atoms in total. The molecule has 1 aliphatic heterocycles. The van der Waals surface area contributed by atoms with E-state index in [9.17, 15) is 9.90 Å². The van der Waals surface area contributed by atoms with E-state index < -0.39 is 0 Å². The molecule has 2 atom stereocenters. The summed E-state index contributed by atoms with van der Waals surface area (Å²) in [7, 11) is 1.75. The van der Waals surface area contributed by atoms with Gasteiger partial charge in [-0.3, -0.25) is 4.79 Å². The van der Waals surface area contributed by atoms with Gasteiger partial charge in [0.05, 0.1) is 18.6 Å². The number of aromatic hydroxyl groups is 1. The van der Waals surface area contributed by atoms with Crippen LogP contribution in [0.25, 0.3) is 0 Å². The van der Waals surface area contributed by atoms with Crippen LogP contribution in [0.3, 0.4) is 0 Å². The largest absolute Gasteiger partial charge is 0.508 e. The zero-order valence-electron chi connectivity index (χ0n) is 15.6. The van der Waals surface area contributed by atoms with Crippen molar-refractivity contribution >= 4 is 5.91 Å². The molecule has 2 aliphatic rings. The third kappa shape index (κ3) is 3.22. The lowest BCUT2D eigenvalue weighted by Gasteiger charge is -2.40. The van der Waals surface area contributed by atoms with E-state index in [1.165, 1.54) is 11.1 Å². The minimum atomic E-state index is -0.145. The number of benzene rings is 2. The van der Waals surface area contributed by atoms with Crippen LogP contribution in [0.15, 0.2) is 48.5 Å². The van der Waals surface area contributed by atoms with Gasteiger partial charge in [0.25, 0.3) is 0 Å². The Morgan fingerprint density at radius 1 is 1.19 bits per heavy atom. The molecule has 0 saturated carbocycles. The normalized spacial score (nSPS) is 23.1. The topological polar surface area (TPSA) is 70.6 Å². The molecule has 27 heavy (non-hydrogen) atoms. The van der Waals surface area contributed by atoms with Crippen molar-refractivity contribution in [1.82, 2.24) is 10.6 Å². The average Bonchev–Trinajstić information content (AvgIpc) is 2.93. The monoisotopic (exact) mass is 366 g/mol. The summed E-state index contributed by atoms with van der Waals surface area (Å²) in [4.78, 5) is 12.8. The first-order valence-corrected chi connectivity index (χ1v) is 9.54. The highest BCUT2D eigenvalue weighted by Crippen LogP contribution is 2.51. The van der Waals surface area contributed by atoms with Crippen molar-refractivity contribution in [3.63, 3.8) is 0 Å². The highest BCUT2D eigenvalue weighted by Gasteiger charge is 2.53. The highest BCUT2D eigenvalue weighted by molar-refractivity contribution is 5.79. The third-order valence-corrected chi connectivity index (χ3v) is 6.05.